The topological polar surface area (TPSA) is 68.5 Å². The molecule has 0 unspecified atom stereocenters. The van der Waals surface area contributed by atoms with E-state index in [2.05, 4.69) is 10.1 Å². The molecule has 2 aromatic rings. The lowest BCUT2D eigenvalue weighted by atomic mass is 10.1. The van der Waals surface area contributed by atoms with E-state index < -0.39 is 23.7 Å². The number of carbonyl (C=O) groups excluding carboxylic acids is 1. The number of amides is 1. The summed E-state index contributed by atoms with van der Waals surface area (Å²) in [7, 11) is 0. The average molecular weight is 353 g/mol. The van der Waals surface area contributed by atoms with E-state index in [1.807, 2.05) is 0 Å². The van der Waals surface area contributed by atoms with Gasteiger partial charge in [0.25, 0.3) is 5.91 Å². The van der Waals surface area contributed by atoms with E-state index in [1.54, 1.807) is 6.07 Å². The van der Waals surface area contributed by atoms with Crippen LogP contribution in [0.3, 0.4) is 0 Å². The first kappa shape index (κ1) is 15.9. The smallest absolute Gasteiger partial charge is 0.421 e. The van der Waals surface area contributed by atoms with E-state index in [9.17, 15) is 18.0 Å². The maximum atomic E-state index is 12.9. The zero-order valence-electron chi connectivity index (χ0n) is 13.0. The van der Waals surface area contributed by atoms with Gasteiger partial charge in [0.2, 0.25) is 5.88 Å². The number of nitrogens with zero attached hydrogens (tertiary/aromatic N) is 3. The van der Waals surface area contributed by atoms with Gasteiger partial charge in [0.05, 0.1) is 13.1 Å². The van der Waals surface area contributed by atoms with Crippen LogP contribution in [-0.2, 0) is 6.18 Å². The van der Waals surface area contributed by atoms with Crippen molar-refractivity contribution in [2.45, 2.75) is 31.0 Å². The second-order valence-corrected chi connectivity index (χ2v) is 6.19. The van der Waals surface area contributed by atoms with Gasteiger partial charge in [0.15, 0.2) is 5.69 Å². The molecule has 2 fully saturated rings. The summed E-state index contributed by atoms with van der Waals surface area (Å²) in [6.07, 6.45) is -1.76. The van der Waals surface area contributed by atoms with E-state index in [4.69, 9.17) is 9.26 Å². The summed E-state index contributed by atoms with van der Waals surface area (Å²) >= 11 is 0. The largest absolute Gasteiger partial charge is 0.470 e. The van der Waals surface area contributed by atoms with Crippen molar-refractivity contribution in [3.05, 3.63) is 41.4 Å². The van der Waals surface area contributed by atoms with Crippen molar-refractivity contribution in [3.63, 3.8) is 0 Å². The minimum atomic E-state index is -4.54. The summed E-state index contributed by atoms with van der Waals surface area (Å²) < 4.78 is 49.2. The van der Waals surface area contributed by atoms with Crippen LogP contribution in [0.25, 0.3) is 0 Å². The number of pyridine rings is 1. The van der Waals surface area contributed by atoms with E-state index in [0.29, 0.717) is 11.7 Å². The fraction of sp³-hybridized carbons (Fsp3) is 0.438. The molecule has 1 aliphatic heterocycles. The van der Waals surface area contributed by atoms with E-state index in [0.717, 1.165) is 18.9 Å². The molecule has 1 amide bonds. The van der Waals surface area contributed by atoms with Crippen molar-refractivity contribution < 1.29 is 27.2 Å². The number of alkyl halides is 3. The molecule has 2 aliphatic rings. The maximum Gasteiger partial charge on any atom is 0.421 e. The summed E-state index contributed by atoms with van der Waals surface area (Å²) in [5.74, 6) is 0.281. The molecule has 25 heavy (non-hydrogen) atoms. The second-order valence-electron chi connectivity index (χ2n) is 6.19. The van der Waals surface area contributed by atoms with Crippen LogP contribution in [-0.4, -0.2) is 40.1 Å². The molecular weight excluding hydrogens is 339 g/mol. The fourth-order valence-electron chi connectivity index (χ4n) is 2.65. The van der Waals surface area contributed by atoms with Crippen molar-refractivity contribution in [1.82, 2.24) is 15.0 Å². The predicted molar refractivity (Wildman–Crippen MR) is 78.0 cm³/mol. The number of aromatic nitrogens is 2. The van der Waals surface area contributed by atoms with Crippen LogP contribution in [0.2, 0.25) is 0 Å². The monoisotopic (exact) mass is 353 g/mol. The molecule has 0 atom stereocenters. The molecule has 1 saturated heterocycles. The van der Waals surface area contributed by atoms with E-state index in [1.165, 1.54) is 17.2 Å². The Morgan fingerprint density at radius 2 is 2.08 bits per heavy atom. The number of carbonyl (C=O) groups is 1. The Balaban J connectivity index is 1.37. The molecule has 0 aromatic carbocycles. The molecule has 0 radical (unpaired) electrons. The molecule has 132 valence electrons. The SMILES string of the molecule is O=C(c1cc(C2CC2)on1)N1CC(Oc2ncccc2C(F)(F)F)C1. The number of hydrogen-bond donors (Lipinski definition) is 0. The number of hydrogen-bond acceptors (Lipinski definition) is 5. The predicted octanol–water partition coefficient (Wildman–Crippen LogP) is 2.87. The van der Waals surface area contributed by atoms with Gasteiger partial charge in [-0.15, -0.1) is 0 Å². The molecular formula is C16H14F3N3O3. The lowest BCUT2D eigenvalue weighted by molar-refractivity contribution is -0.140. The van der Waals surface area contributed by atoms with Crippen LogP contribution in [0, 0.1) is 0 Å². The molecule has 9 heteroatoms. The zero-order chi connectivity index (χ0) is 17.6. The minimum Gasteiger partial charge on any atom is -0.470 e. The second kappa shape index (κ2) is 5.75. The first-order chi connectivity index (χ1) is 11.9. The van der Waals surface area contributed by atoms with Crippen molar-refractivity contribution in [2.24, 2.45) is 0 Å². The summed E-state index contributed by atoms with van der Waals surface area (Å²) in [6.45, 7) is 0.358. The van der Waals surface area contributed by atoms with Crippen LogP contribution in [0.4, 0.5) is 13.2 Å². The molecule has 2 aromatic heterocycles. The highest BCUT2D eigenvalue weighted by atomic mass is 19.4. The highest BCUT2D eigenvalue weighted by molar-refractivity contribution is 5.92. The molecule has 4 rings (SSSR count). The van der Waals surface area contributed by atoms with Gasteiger partial charge in [-0.1, -0.05) is 5.16 Å². The Morgan fingerprint density at radius 3 is 2.76 bits per heavy atom. The maximum absolute atomic E-state index is 12.9. The molecule has 1 aliphatic carbocycles. The van der Waals surface area contributed by atoms with E-state index >= 15 is 0 Å². The third-order valence-electron chi connectivity index (χ3n) is 4.22. The Kier molecular flexibility index (Phi) is 3.66. The minimum absolute atomic E-state index is 0.179. The first-order valence-corrected chi connectivity index (χ1v) is 7.86. The molecule has 0 spiro atoms. The van der Waals surface area contributed by atoms with Crippen molar-refractivity contribution in [1.29, 1.82) is 0 Å². The number of rotatable bonds is 4. The summed E-state index contributed by atoms with van der Waals surface area (Å²) in [4.78, 5) is 17.4. The Labute approximate surface area is 140 Å². The molecule has 1 saturated carbocycles. The van der Waals surface area contributed by atoms with Gasteiger partial charge < -0.3 is 14.2 Å². The first-order valence-electron chi connectivity index (χ1n) is 7.86. The quantitative estimate of drug-likeness (QED) is 0.845. The molecule has 0 N–H and O–H groups in total. The standard InChI is InChI=1S/C16H14F3N3O3/c17-16(18,19)11-2-1-5-20-14(11)24-10-7-22(8-10)15(23)12-6-13(25-21-12)9-3-4-9/h1-2,5-6,9-10H,3-4,7-8H2. The number of halogens is 3. The Hall–Kier alpha value is -2.58. The molecule has 0 bridgehead atoms. The average Bonchev–Trinajstić information content (AvgIpc) is 3.26. The zero-order valence-corrected chi connectivity index (χ0v) is 13.0. The highest BCUT2D eigenvalue weighted by Gasteiger charge is 2.39. The molecule has 6 nitrogen and oxygen atoms in total. The number of likely N-dealkylation sites (tertiary alicyclic amines) is 1. The molecule has 3 heterocycles. The van der Waals surface area contributed by atoms with Crippen LogP contribution < -0.4 is 4.74 Å². The summed E-state index contributed by atoms with van der Waals surface area (Å²) in [6, 6.07) is 3.75. The summed E-state index contributed by atoms with van der Waals surface area (Å²) in [5, 5.41) is 3.77. The van der Waals surface area contributed by atoms with Crippen LogP contribution >= 0.6 is 0 Å². The van der Waals surface area contributed by atoms with Crippen LogP contribution in [0.15, 0.2) is 28.9 Å². The normalized spacial score (nSPS) is 18.1. The highest BCUT2D eigenvalue weighted by Crippen LogP contribution is 2.40. The van der Waals surface area contributed by atoms with Gasteiger partial charge in [-0.2, -0.15) is 13.2 Å². The van der Waals surface area contributed by atoms with Crippen molar-refractivity contribution >= 4 is 5.91 Å². The van der Waals surface area contributed by atoms with Gasteiger partial charge in [-0.25, -0.2) is 4.98 Å². The lowest BCUT2D eigenvalue weighted by Crippen LogP contribution is -2.56. The lowest BCUT2D eigenvalue weighted by Gasteiger charge is -2.38. The Bertz CT molecular complexity index is 795. The third kappa shape index (κ3) is 3.18. The fourth-order valence-corrected chi connectivity index (χ4v) is 2.65. The number of ether oxygens (including phenoxy) is 1. The van der Waals surface area contributed by atoms with Crippen LogP contribution in [0.5, 0.6) is 5.88 Å². The summed E-state index contributed by atoms with van der Waals surface area (Å²) in [5.41, 5.74) is -0.709. The van der Waals surface area contributed by atoms with Gasteiger partial charge in [0, 0.05) is 18.2 Å². The van der Waals surface area contributed by atoms with Crippen LogP contribution in [0.1, 0.15) is 40.6 Å². The van der Waals surface area contributed by atoms with E-state index in [-0.39, 0.29) is 24.7 Å². The van der Waals surface area contributed by atoms with Gasteiger partial charge in [-0.05, 0) is 25.0 Å². The van der Waals surface area contributed by atoms with Gasteiger partial charge >= 0.3 is 6.18 Å². The van der Waals surface area contributed by atoms with Crippen molar-refractivity contribution in [2.75, 3.05) is 13.1 Å². The third-order valence-corrected chi connectivity index (χ3v) is 4.22. The van der Waals surface area contributed by atoms with Crippen molar-refractivity contribution in [3.8, 4) is 5.88 Å². The Morgan fingerprint density at radius 1 is 1.32 bits per heavy atom. The van der Waals surface area contributed by atoms with Gasteiger partial charge in [0.1, 0.15) is 17.4 Å². The van der Waals surface area contributed by atoms with Gasteiger partial charge in [-0.3, -0.25) is 4.79 Å².